The van der Waals surface area contributed by atoms with Gasteiger partial charge < -0.3 is 5.32 Å². The van der Waals surface area contributed by atoms with E-state index in [-0.39, 0.29) is 17.4 Å². The molecule has 0 radical (unpaired) electrons. The Balaban J connectivity index is 2.48. The number of carbonyl (C=O) groups excluding carboxylic acids is 1. The molecule has 16 heavy (non-hydrogen) atoms. The molecular weight excluding hydrogens is 222 g/mol. The van der Waals surface area contributed by atoms with Crippen molar-refractivity contribution in [3.8, 4) is 0 Å². The third-order valence-corrected chi connectivity index (χ3v) is 4.01. The first-order valence-electron chi connectivity index (χ1n) is 6.49. The standard InChI is InChI=1S/C13H24ClNO/c1-3-11(7-10-14)15-12(16)13(2)8-5-4-6-9-13/h11H,3-10H2,1-2H3,(H,15,16). The molecule has 1 aliphatic carbocycles. The third-order valence-electron chi connectivity index (χ3n) is 3.79. The highest BCUT2D eigenvalue weighted by atomic mass is 35.5. The van der Waals surface area contributed by atoms with Crippen molar-refractivity contribution >= 4 is 17.5 Å². The van der Waals surface area contributed by atoms with Crippen LogP contribution in [0.25, 0.3) is 0 Å². The second-order valence-corrected chi connectivity index (χ2v) is 5.56. The quantitative estimate of drug-likeness (QED) is 0.739. The molecule has 0 aliphatic heterocycles. The predicted octanol–water partition coefficient (Wildman–Crippen LogP) is 3.48. The van der Waals surface area contributed by atoms with E-state index in [1.165, 1.54) is 19.3 Å². The van der Waals surface area contributed by atoms with Crippen molar-refractivity contribution in [2.75, 3.05) is 5.88 Å². The molecular formula is C13H24ClNO. The van der Waals surface area contributed by atoms with E-state index in [1.54, 1.807) is 0 Å². The minimum Gasteiger partial charge on any atom is -0.353 e. The number of nitrogens with one attached hydrogen (secondary N) is 1. The SMILES string of the molecule is CCC(CCCl)NC(=O)C1(C)CCCCC1. The fourth-order valence-corrected chi connectivity index (χ4v) is 2.69. The van der Waals surface area contributed by atoms with Gasteiger partial charge in [-0.25, -0.2) is 0 Å². The van der Waals surface area contributed by atoms with Crippen LogP contribution in [-0.2, 0) is 4.79 Å². The summed E-state index contributed by atoms with van der Waals surface area (Å²) in [4.78, 5) is 12.2. The van der Waals surface area contributed by atoms with Gasteiger partial charge in [0.25, 0.3) is 0 Å². The van der Waals surface area contributed by atoms with Gasteiger partial charge >= 0.3 is 0 Å². The lowest BCUT2D eigenvalue weighted by Gasteiger charge is -2.33. The molecule has 1 rings (SSSR count). The molecule has 94 valence electrons. The Bertz CT molecular complexity index is 224. The van der Waals surface area contributed by atoms with Gasteiger partial charge in [0.05, 0.1) is 0 Å². The van der Waals surface area contributed by atoms with E-state index in [0.29, 0.717) is 5.88 Å². The zero-order chi connectivity index (χ0) is 12.0. The summed E-state index contributed by atoms with van der Waals surface area (Å²) in [6.07, 6.45) is 7.58. The smallest absolute Gasteiger partial charge is 0.226 e. The second-order valence-electron chi connectivity index (χ2n) is 5.18. The van der Waals surface area contributed by atoms with Crippen LogP contribution in [0.15, 0.2) is 0 Å². The molecule has 1 saturated carbocycles. The fourth-order valence-electron chi connectivity index (χ4n) is 2.43. The Morgan fingerprint density at radius 1 is 1.38 bits per heavy atom. The molecule has 1 amide bonds. The van der Waals surface area contributed by atoms with E-state index in [9.17, 15) is 4.79 Å². The maximum Gasteiger partial charge on any atom is 0.226 e. The molecule has 0 bridgehead atoms. The monoisotopic (exact) mass is 245 g/mol. The molecule has 0 aromatic heterocycles. The van der Waals surface area contributed by atoms with E-state index in [0.717, 1.165) is 25.7 Å². The Labute approximate surface area is 104 Å². The molecule has 1 atom stereocenters. The Morgan fingerprint density at radius 2 is 2.00 bits per heavy atom. The van der Waals surface area contributed by atoms with Crippen molar-refractivity contribution in [2.45, 2.75) is 64.8 Å². The summed E-state index contributed by atoms with van der Waals surface area (Å²) in [7, 11) is 0. The van der Waals surface area contributed by atoms with Gasteiger partial charge in [0, 0.05) is 17.3 Å². The Hall–Kier alpha value is -0.240. The van der Waals surface area contributed by atoms with Gasteiger partial charge in [-0.15, -0.1) is 11.6 Å². The van der Waals surface area contributed by atoms with Crippen LogP contribution in [-0.4, -0.2) is 17.8 Å². The van der Waals surface area contributed by atoms with Gasteiger partial charge in [-0.1, -0.05) is 33.1 Å². The summed E-state index contributed by atoms with van der Waals surface area (Å²) in [6.45, 7) is 4.20. The average molecular weight is 246 g/mol. The van der Waals surface area contributed by atoms with Gasteiger partial charge in [-0.05, 0) is 25.7 Å². The fraction of sp³-hybridized carbons (Fsp3) is 0.923. The van der Waals surface area contributed by atoms with Crippen LogP contribution in [0, 0.1) is 5.41 Å². The largest absolute Gasteiger partial charge is 0.353 e. The summed E-state index contributed by atoms with van der Waals surface area (Å²) in [5.41, 5.74) is -0.127. The highest BCUT2D eigenvalue weighted by molar-refractivity contribution is 6.17. The summed E-state index contributed by atoms with van der Waals surface area (Å²) in [5, 5.41) is 3.15. The third kappa shape index (κ3) is 3.65. The van der Waals surface area contributed by atoms with Crippen LogP contribution in [0.4, 0.5) is 0 Å². The average Bonchev–Trinajstić information content (AvgIpc) is 2.29. The van der Waals surface area contributed by atoms with Crippen molar-refractivity contribution < 1.29 is 4.79 Å². The van der Waals surface area contributed by atoms with Gasteiger partial charge in [-0.2, -0.15) is 0 Å². The molecule has 0 spiro atoms. The summed E-state index contributed by atoms with van der Waals surface area (Å²) < 4.78 is 0. The first-order chi connectivity index (χ1) is 7.62. The molecule has 3 heteroatoms. The number of rotatable bonds is 5. The van der Waals surface area contributed by atoms with Crippen molar-refractivity contribution in [1.29, 1.82) is 0 Å². The molecule has 0 heterocycles. The van der Waals surface area contributed by atoms with E-state index < -0.39 is 0 Å². The van der Waals surface area contributed by atoms with Crippen LogP contribution < -0.4 is 5.32 Å². The Morgan fingerprint density at radius 3 is 2.50 bits per heavy atom. The number of carbonyl (C=O) groups is 1. The van der Waals surface area contributed by atoms with Crippen molar-refractivity contribution in [3.05, 3.63) is 0 Å². The van der Waals surface area contributed by atoms with Gasteiger partial charge in [-0.3, -0.25) is 4.79 Å². The molecule has 0 aromatic rings. The van der Waals surface area contributed by atoms with Gasteiger partial charge in [0.2, 0.25) is 5.91 Å². The second kappa shape index (κ2) is 6.48. The van der Waals surface area contributed by atoms with Crippen molar-refractivity contribution in [1.82, 2.24) is 5.32 Å². The summed E-state index contributed by atoms with van der Waals surface area (Å²) in [5.74, 6) is 0.861. The van der Waals surface area contributed by atoms with Crippen LogP contribution in [0.1, 0.15) is 58.8 Å². The molecule has 1 fully saturated rings. The maximum atomic E-state index is 12.2. The van der Waals surface area contributed by atoms with E-state index in [1.807, 2.05) is 0 Å². The lowest BCUT2D eigenvalue weighted by atomic mass is 9.75. The Kier molecular flexibility index (Phi) is 5.60. The highest BCUT2D eigenvalue weighted by Crippen LogP contribution is 2.36. The minimum absolute atomic E-state index is 0.127. The lowest BCUT2D eigenvalue weighted by molar-refractivity contribution is -0.132. The zero-order valence-corrected chi connectivity index (χ0v) is 11.3. The number of alkyl halides is 1. The predicted molar refractivity (Wildman–Crippen MR) is 68.8 cm³/mol. The minimum atomic E-state index is -0.127. The highest BCUT2D eigenvalue weighted by Gasteiger charge is 2.35. The van der Waals surface area contributed by atoms with Crippen LogP contribution in [0.3, 0.4) is 0 Å². The van der Waals surface area contributed by atoms with E-state index in [2.05, 4.69) is 19.2 Å². The molecule has 1 aliphatic rings. The van der Waals surface area contributed by atoms with Crippen LogP contribution in [0.5, 0.6) is 0 Å². The van der Waals surface area contributed by atoms with E-state index in [4.69, 9.17) is 11.6 Å². The normalized spacial score (nSPS) is 21.4. The van der Waals surface area contributed by atoms with Crippen molar-refractivity contribution in [3.63, 3.8) is 0 Å². The van der Waals surface area contributed by atoms with Crippen molar-refractivity contribution in [2.24, 2.45) is 5.41 Å². The number of amides is 1. The topological polar surface area (TPSA) is 29.1 Å². The number of hydrogen-bond donors (Lipinski definition) is 1. The lowest BCUT2D eigenvalue weighted by Crippen LogP contribution is -2.45. The molecule has 0 saturated heterocycles. The van der Waals surface area contributed by atoms with Gasteiger partial charge in [0.1, 0.15) is 0 Å². The maximum absolute atomic E-state index is 12.2. The first-order valence-corrected chi connectivity index (χ1v) is 7.03. The summed E-state index contributed by atoms with van der Waals surface area (Å²) >= 11 is 5.73. The number of halogens is 1. The molecule has 1 N–H and O–H groups in total. The number of hydrogen-bond acceptors (Lipinski definition) is 1. The van der Waals surface area contributed by atoms with Crippen LogP contribution in [0.2, 0.25) is 0 Å². The van der Waals surface area contributed by atoms with Crippen LogP contribution >= 0.6 is 11.6 Å². The van der Waals surface area contributed by atoms with E-state index >= 15 is 0 Å². The van der Waals surface area contributed by atoms with Gasteiger partial charge in [0.15, 0.2) is 0 Å². The molecule has 2 nitrogen and oxygen atoms in total. The zero-order valence-electron chi connectivity index (χ0n) is 10.5. The molecule has 0 aromatic carbocycles. The first kappa shape index (κ1) is 13.8. The summed E-state index contributed by atoms with van der Waals surface area (Å²) in [6, 6.07) is 0.253. The molecule has 1 unspecified atom stereocenters.